The lowest BCUT2D eigenvalue weighted by Crippen LogP contribution is -2.56. The summed E-state index contributed by atoms with van der Waals surface area (Å²) >= 11 is 0. The van der Waals surface area contributed by atoms with Crippen LogP contribution < -0.4 is 11.1 Å². The first kappa shape index (κ1) is 13.5. The second kappa shape index (κ2) is 4.96. The number of aryl methyl sites for hydroxylation is 2. The predicted octanol–water partition coefficient (Wildman–Crippen LogP) is -1.05. The Kier molecular flexibility index (Phi) is 3.71. The standard InChI is InChI=1S/C10H19N5O2S/c1-7-10(8(2)14-13-7)18(16,17)15-4-3-12-6-9(15)5-11/h9,12H,3-6,11H2,1-2H3,(H,13,14). The fourth-order valence-electron chi connectivity index (χ4n) is 2.30. The van der Waals surface area contributed by atoms with Crippen molar-refractivity contribution in [3.05, 3.63) is 11.4 Å². The molecule has 0 bridgehead atoms. The first-order valence-electron chi connectivity index (χ1n) is 5.92. The summed E-state index contributed by atoms with van der Waals surface area (Å²) in [5.41, 5.74) is 6.72. The first-order chi connectivity index (χ1) is 8.48. The number of piperazine rings is 1. The molecule has 4 N–H and O–H groups in total. The average Bonchev–Trinajstić information content (AvgIpc) is 2.69. The monoisotopic (exact) mass is 273 g/mol. The summed E-state index contributed by atoms with van der Waals surface area (Å²) in [4.78, 5) is 0.280. The molecule has 1 aromatic heterocycles. The number of nitrogens with zero attached hydrogens (tertiary/aromatic N) is 2. The highest BCUT2D eigenvalue weighted by Gasteiger charge is 2.35. The normalized spacial score (nSPS) is 22.3. The van der Waals surface area contributed by atoms with Crippen molar-refractivity contribution in [2.75, 3.05) is 26.2 Å². The van der Waals surface area contributed by atoms with Crippen LogP contribution in [0.2, 0.25) is 0 Å². The van der Waals surface area contributed by atoms with Crippen LogP contribution in [0.1, 0.15) is 11.4 Å². The van der Waals surface area contributed by atoms with Gasteiger partial charge < -0.3 is 11.1 Å². The fraction of sp³-hybridized carbons (Fsp3) is 0.700. The van der Waals surface area contributed by atoms with Crippen molar-refractivity contribution in [1.29, 1.82) is 0 Å². The minimum Gasteiger partial charge on any atom is -0.329 e. The number of hydrogen-bond donors (Lipinski definition) is 3. The molecule has 18 heavy (non-hydrogen) atoms. The Balaban J connectivity index is 2.41. The van der Waals surface area contributed by atoms with Crippen molar-refractivity contribution in [1.82, 2.24) is 19.8 Å². The van der Waals surface area contributed by atoms with Gasteiger partial charge in [0.15, 0.2) is 0 Å². The van der Waals surface area contributed by atoms with Gasteiger partial charge in [0.1, 0.15) is 4.90 Å². The molecule has 1 saturated heterocycles. The van der Waals surface area contributed by atoms with Crippen LogP contribution in [0.25, 0.3) is 0 Å². The van der Waals surface area contributed by atoms with E-state index in [4.69, 9.17) is 5.73 Å². The van der Waals surface area contributed by atoms with Gasteiger partial charge in [0, 0.05) is 32.2 Å². The third-order valence-electron chi connectivity index (χ3n) is 3.20. The van der Waals surface area contributed by atoms with E-state index in [1.54, 1.807) is 13.8 Å². The second-order valence-electron chi connectivity index (χ2n) is 4.47. The van der Waals surface area contributed by atoms with Gasteiger partial charge in [-0.05, 0) is 13.8 Å². The average molecular weight is 273 g/mol. The zero-order valence-corrected chi connectivity index (χ0v) is 11.4. The fourth-order valence-corrected chi connectivity index (χ4v) is 4.27. The third kappa shape index (κ3) is 2.16. The number of rotatable bonds is 3. The van der Waals surface area contributed by atoms with Gasteiger partial charge in [-0.15, -0.1) is 0 Å². The molecule has 0 amide bonds. The van der Waals surface area contributed by atoms with Crippen LogP contribution in [0.3, 0.4) is 0 Å². The van der Waals surface area contributed by atoms with Crippen LogP contribution in [0.15, 0.2) is 4.90 Å². The van der Waals surface area contributed by atoms with Crippen LogP contribution in [0.5, 0.6) is 0 Å². The van der Waals surface area contributed by atoms with Crippen LogP contribution >= 0.6 is 0 Å². The zero-order chi connectivity index (χ0) is 13.3. The van der Waals surface area contributed by atoms with Crippen molar-refractivity contribution < 1.29 is 8.42 Å². The highest BCUT2D eigenvalue weighted by atomic mass is 32.2. The van der Waals surface area contributed by atoms with Crippen LogP contribution in [0, 0.1) is 13.8 Å². The summed E-state index contributed by atoms with van der Waals surface area (Å²) in [6.07, 6.45) is 0. The Labute approximate surface area is 107 Å². The van der Waals surface area contributed by atoms with Crippen molar-refractivity contribution in [2.24, 2.45) is 5.73 Å². The minimum absolute atomic E-state index is 0.197. The number of nitrogens with one attached hydrogen (secondary N) is 2. The lowest BCUT2D eigenvalue weighted by atomic mass is 10.2. The molecule has 0 aromatic carbocycles. The van der Waals surface area contributed by atoms with E-state index in [9.17, 15) is 8.42 Å². The Morgan fingerprint density at radius 3 is 2.78 bits per heavy atom. The summed E-state index contributed by atoms with van der Waals surface area (Å²) in [6, 6.07) is -0.197. The molecule has 1 aliphatic rings. The number of nitrogens with two attached hydrogens (primary N) is 1. The SMILES string of the molecule is Cc1n[nH]c(C)c1S(=O)(=O)N1CCNCC1CN. The smallest absolute Gasteiger partial charge is 0.247 e. The van der Waals surface area contributed by atoms with Crippen molar-refractivity contribution in [3.8, 4) is 0 Å². The molecule has 1 aromatic rings. The molecule has 7 nitrogen and oxygen atoms in total. The molecule has 1 unspecified atom stereocenters. The summed E-state index contributed by atoms with van der Waals surface area (Å²) in [7, 11) is -3.52. The van der Waals surface area contributed by atoms with Crippen molar-refractivity contribution in [2.45, 2.75) is 24.8 Å². The van der Waals surface area contributed by atoms with E-state index in [0.29, 0.717) is 37.6 Å². The molecule has 0 aliphatic carbocycles. The molecule has 8 heteroatoms. The molecule has 0 spiro atoms. The van der Waals surface area contributed by atoms with E-state index < -0.39 is 10.0 Å². The maximum absolute atomic E-state index is 12.6. The van der Waals surface area contributed by atoms with E-state index in [0.717, 1.165) is 0 Å². The van der Waals surface area contributed by atoms with Crippen LogP contribution in [-0.4, -0.2) is 55.1 Å². The van der Waals surface area contributed by atoms with E-state index in [2.05, 4.69) is 15.5 Å². The second-order valence-corrected chi connectivity index (χ2v) is 6.30. The van der Waals surface area contributed by atoms with Gasteiger partial charge in [-0.3, -0.25) is 5.10 Å². The summed E-state index contributed by atoms with van der Waals surface area (Å²) in [5, 5.41) is 9.82. The quantitative estimate of drug-likeness (QED) is 0.652. The van der Waals surface area contributed by atoms with E-state index in [1.165, 1.54) is 4.31 Å². The number of aromatic nitrogens is 2. The molecular formula is C10H19N5O2S. The highest BCUT2D eigenvalue weighted by Crippen LogP contribution is 2.23. The number of hydrogen-bond acceptors (Lipinski definition) is 5. The third-order valence-corrected chi connectivity index (χ3v) is 5.41. The van der Waals surface area contributed by atoms with Gasteiger partial charge in [0.25, 0.3) is 0 Å². The summed E-state index contributed by atoms with van der Waals surface area (Å²) in [5.74, 6) is 0. The molecule has 2 rings (SSSR count). The van der Waals surface area contributed by atoms with E-state index in [-0.39, 0.29) is 10.9 Å². The van der Waals surface area contributed by atoms with Gasteiger partial charge >= 0.3 is 0 Å². The van der Waals surface area contributed by atoms with Crippen molar-refractivity contribution in [3.63, 3.8) is 0 Å². The first-order valence-corrected chi connectivity index (χ1v) is 7.36. The molecule has 1 fully saturated rings. The van der Waals surface area contributed by atoms with Gasteiger partial charge in [-0.25, -0.2) is 8.42 Å². The topological polar surface area (TPSA) is 104 Å². The predicted molar refractivity (Wildman–Crippen MR) is 67.7 cm³/mol. The summed E-state index contributed by atoms with van der Waals surface area (Å²) in [6.45, 7) is 5.39. The van der Waals surface area contributed by atoms with Gasteiger partial charge in [-0.1, -0.05) is 0 Å². The number of sulfonamides is 1. The van der Waals surface area contributed by atoms with Gasteiger partial charge in [-0.2, -0.15) is 9.40 Å². The Morgan fingerprint density at radius 1 is 1.50 bits per heavy atom. The van der Waals surface area contributed by atoms with Crippen LogP contribution in [-0.2, 0) is 10.0 Å². The highest BCUT2D eigenvalue weighted by molar-refractivity contribution is 7.89. The molecule has 0 saturated carbocycles. The molecule has 102 valence electrons. The Hall–Kier alpha value is -0.960. The van der Waals surface area contributed by atoms with Crippen LogP contribution in [0.4, 0.5) is 0 Å². The van der Waals surface area contributed by atoms with E-state index >= 15 is 0 Å². The van der Waals surface area contributed by atoms with Gasteiger partial charge in [0.05, 0.1) is 11.4 Å². The zero-order valence-electron chi connectivity index (χ0n) is 10.6. The molecule has 1 atom stereocenters. The number of aromatic amines is 1. The molecule has 1 aliphatic heterocycles. The largest absolute Gasteiger partial charge is 0.329 e. The Bertz CT molecular complexity index is 505. The Morgan fingerprint density at radius 2 is 2.22 bits per heavy atom. The van der Waals surface area contributed by atoms with Crippen molar-refractivity contribution >= 4 is 10.0 Å². The molecule has 0 radical (unpaired) electrons. The molecular weight excluding hydrogens is 254 g/mol. The lowest BCUT2D eigenvalue weighted by Gasteiger charge is -2.34. The number of H-pyrrole nitrogens is 1. The lowest BCUT2D eigenvalue weighted by molar-refractivity contribution is 0.272. The maximum Gasteiger partial charge on any atom is 0.247 e. The molecule has 2 heterocycles. The van der Waals surface area contributed by atoms with Gasteiger partial charge in [0.2, 0.25) is 10.0 Å². The summed E-state index contributed by atoms with van der Waals surface area (Å²) < 4.78 is 26.8. The van der Waals surface area contributed by atoms with E-state index in [1.807, 2.05) is 0 Å². The maximum atomic E-state index is 12.6. The minimum atomic E-state index is -3.52.